The fourth-order valence-corrected chi connectivity index (χ4v) is 3.47. The van der Waals surface area contributed by atoms with Crippen LogP contribution in [0.3, 0.4) is 0 Å². The minimum atomic E-state index is -0.183. The normalized spacial score (nSPS) is 14.3. The zero-order valence-electron chi connectivity index (χ0n) is 15.7. The second kappa shape index (κ2) is 7.76. The lowest BCUT2D eigenvalue weighted by Gasteiger charge is -2.17. The van der Waals surface area contributed by atoms with Gasteiger partial charge in [-0.05, 0) is 30.7 Å². The SMILES string of the molecule is C[C@H](NC(=O)Cn1cc(C=O)c2ccccc21)c1ccc2c(c1)OCCCO2. The third-order valence-corrected chi connectivity index (χ3v) is 4.91. The first-order valence-electron chi connectivity index (χ1n) is 9.37. The van der Waals surface area contributed by atoms with Gasteiger partial charge in [0, 0.05) is 29.1 Å². The number of fused-ring (bicyclic) bond motifs is 2. The summed E-state index contributed by atoms with van der Waals surface area (Å²) in [6, 6.07) is 13.1. The number of nitrogens with one attached hydrogen (secondary N) is 1. The smallest absolute Gasteiger partial charge is 0.240 e. The lowest BCUT2D eigenvalue weighted by Crippen LogP contribution is -2.29. The van der Waals surface area contributed by atoms with E-state index in [1.807, 2.05) is 49.4 Å². The third-order valence-electron chi connectivity index (χ3n) is 4.91. The molecule has 1 aromatic heterocycles. The van der Waals surface area contributed by atoms with E-state index in [0.29, 0.717) is 24.5 Å². The molecule has 0 unspecified atom stereocenters. The Kier molecular flexibility index (Phi) is 5.02. The quantitative estimate of drug-likeness (QED) is 0.690. The second-order valence-electron chi connectivity index (χ2n) is 6.89. The lowest BCUT2D eigenvalue weighted by molar-refractivity contribution is -0.122. The molecule has 3 aromatic rings. The predicted molar refractivity (Wildman–Crippen MR) is 106 cm³/mol. The van der Waals surface area contributed by atoms with Gasteiger partial charge in [-0.2, -0.15) is 0 Å². The van der Waals surface area contributed by atoms with E-state index in [9.17, 15) is 9.59 Å². The van der Waals surface area contributed by atoms with Crippen LogP contribution in [0.1, 0.15) is 35.3 Å². The minimum Gasteiger partial charge on any atom is -0.490 e. The summed E-state index contributed by atoms with van der Waals surface area (Å²) in [6.45, 7) is 3.34. The zero-order chi connectivity index (χ0) is 19.5. The Bertz CT molecular complexity index is 1020. The maximum absolute atomic E-state index is 12.6. The van der Waals surface area contributed by atoms with Gasteiger partial charge in [0.2, 0.25) is 5.91 Å². The predicted octanol–water partition coefficient (Wildman–Crippen LogP) is 3.49. The van der Waals surface area contributed by atoms with Crippen molar-refractivity contribution in [3.8, 4) is 11.5 Å². The number of para-hydroxylation sites is 1. The summed E-state index contributed by atoms with van der Waals surface area (Å²) < 4.78 is 13.2. The summed E-state index contributed by atoms with van der Waals surface area (Å²) in [4.78, 5) is 23.9. The summed E-state index contributed by atoms with van der Waals surface area (Å²) in [6.07, 6.45) is 3.39. The van der Waals surface area contributed by atoms with Gasteiger partial charge >= 0.3 is 0 Å². The highest BCUT2D eigenvalue weighted by molar-refractivity contribution is 5.98. The minimum absolute atomic E-state index is 0.127. The van der Waals surface area contributed by atoms with E-state index in [1.165, 1.54) is 0 Å². The Labute approximate surface area is 163 Å². The molecule has 0 aliphatic carbocycles. The van der Waals surface area contributed by atoms with Gasteiger partial charge in [-0.15, -0.1) is 0 Å². The largest absolute Gasteiger partial charge is 0.490 e. The van der Waals surface area contributed by atoms with Gasteiger partial charge in [-0.1, -0.05) is 24.3 Å². The van der Waals surface area contributed by atoms with Crippen LogP contribution >= 0.6 is 0 Å². The highest BCUT2D eigenvalue weighted by atomic mass is 16.5. The molecule has 0 saturated carbocycles. The summed E-state index contributed by atoms with van der Waals surface area (Å²) in [5.74, 6) is 1.32. The van der Waals surface area contributed by atoms with Gasteiger partial charge in [0.15, 0.2) is 17.8 Å². The molecule has 1 aliphatic rings. The number of aldehydes is 1. The Balaban J connectivity index is 1.48. The van der Waals surface area contributed by atoms with E-state index in [0.717, 1.165) is 34.9 Å². The highest BCUT2D eigenvalue weighted by Crippen LogP contribution is 2.32. The van der Waals surface area contributed by atoms with E-state index in [4.69, 9.17) is 9.47 Å². The topological polar surface area (TPSA) is 69.6 Å². The standard InChI is InChI=1S/C22H22N2O4/c1-15(16-7-8-20-21(11-16)28-10-4-9-27-20)23-22(26)13-24-12-17(14-25)18-5-2-3-6-19(18)24/h2-3,5-8,11-12,14-15H,4,9-10,13H2,1H3,(H,23,26)/t15-/m0/s1. The molecule has 0 saturated heterocycles. The molecule has 6 nitrogen and oxygen atoms in total. The Morgan fingerprint density at radius 3 is 2.79 bits per heavy atom. The number of carbonyl (C=O) groups is 2. The van der Waals surface area contributed by atoms with E-state index < -0.39 is 0 Å². The van der Waals surface area contributed by atoms with Crippen LogP contribution in [-0.4, -0.2) is 30.0 Å². The average Bonchev–Trinajstić information content (AvgIpc) is 2.89. The molecule has 1 amide bonds. The van der Waals surface area contributed by atoms with Crippen molar-refractivity contribution in [2.75, 3.05) is 13.2 Å². The molecule has 0 bridgehead atoms. The summed E-state index contributed by atoms with van der Waals surface area (Å²) in [5.41, 5.74) is 2.39. The van der Waals surface area contributed by atoms with Gasteiger partial charge in [-0.25, -0.2) is 0 Å². The molecular formula is C22H22N2O4. The van der Waals surface area contributed by atoms with Gasteiger partial charge < -0.3 is 19.4 Å². The number of benzene rings is 2. The van der Waals surface area contributed by atoms with Crippen LogP contribution in [0.15, 0.2) is 48.7 Å². The fourth-order valence-electron chi connectivity index (χ4n) is 3.47. The molecule has 28 heavy (non-hydrogen) atoms. The molecule has 0 spiro atoms. The van der Waals surface area contributed by atoms with Crippen molar-refractivity contribution in [3.05, 3.63) is 59.8 Å². The van der Waals surface area contributed by atoms with Crippen molar-refractivity contribution < 1.29 is 19.1 Å². The monoisotopic (exact) mass is 378 g/mol. The van der Waals surface area contributed by atoms with Crippen LogP contribution < -0.4 is 14.8 Å². The van der Waals surface area contributed by atoms with Crippen LogP contribution in [0.25, 0.3) is 10.9 Å². The van der Waals surface area contributed by atoms with E-state index in [1.54, 1.807) is 10.8 Å². The first-order chi connectivity index (χ1) is 13.7. The number of hydrogen-bond donors (Lipinski definition) is 1. The summed E-state index contributed by atoms with van der Waals surface area (Å²) in [5, 5.41) is 3.86. The van der Waals surface area contributed by atoms with Crippen molar-refractivity contribution in [3.63, 3.8) is 0 Å². The molecular weight excluding hydrogens is 356 g/mol. The molecule has 4 rings (SSSR count). The van der Waals surface area contributed by atoms with Gasteiger partial charge in [0.05, 0.1) is 19.3 Å². The molecule has 0 radical (unpaired) electrons. The molecule has 6 heteroatoms. The van der Waals surface area contributed by atoms with Gasteiger partial charge in [0.1, 0.15) is 6.54 Å². The van der Waals surface area contributed by atoms with Crippen molar-refractivity contribution in [1.82, 2.24) is 9.88 Å². The molecule has 1 N–H and O–H groups in total. The number of amides is 1. The van der Waals surface area contributed by atoms with E-state index >= 15 is 0 Å². The Hall–Kier alpha value is -3.28. The van der Waals surface area contributed by atoms with Crippen molar-refractivity contribution in [1.29, 1.82) is 0 Å². The van der Waals surface area contributed by atoms with Crippen LogP contribution in [-0.2, 0) is 11.3 Å². The molecule has 1 aliphatic heterocycles. The van der Waals surface area contributed by atoms with Crippen molar-refractivity contribution in [2.24, 2.45) is 0 Å². The number of rotatable bonds is 5. The summed E-state index contributed by atoms with van der Waals surface area (Å²) in [7, 11) is 0. The fraction of sp³-hybridized carbons (Fsp3) is 0.273. The van der Waals surface area contributed by atoms with Crippen LogP contribution in [0.2, 0.25) is 0 Å². The van der Waals surface area contributed by atoms with Crippen molar-refractivity contribution >= 4 is 23.1 Å². The molecule has 0 fully saturated rings. The number of carbonyl (C=O) groups excluding carboxylic acids is 2. The number of ether oxygens (including phenoxy) is 2. The third kappa shape index (κ3) is 3.58. The van der Waals surface area contributed by atoms with Crippen LogP contribution in [0.4, 0.5) is 0 Å². The van der Waals surface area contributed by atoms with Gasteiger partial charge in [0.25, 0.3) is 0 Å². The number of hydrogen-bond acceptors (Lipinski definition) is 4. The highest BCUT2D eigenvalue weighted by Gasteiger charge is 2.16. The molecule has 144 valence electrons. The number of nitrogens with zero attached hydrogens (tertiary/aromatic N) is 1. The molecule has 2 aromatic carbocycles. The Morgan fingerprint density at radius 2 is 1.96 bits per heavy atom. The first kappa shape index (κ1) is 18.1. The lowest BCUT2D eigenvalue weighted by atomic mass is 10.1. The second-order valence-corrected chi connectivity index (χ2v) is 6.89. The molecule has 1 atom stereocenters. The van der Waals surface area contributed by atoms with E-state index in [-0.39, 0.29) is 18.5 Å². The molecule has 2 heterocycles. The van der Waals surface area contributed by atoms with Crippen LogP contribution in [0.5, 0.6) is 11.5 Å². The number of aromatic nitrogens is 1. The van der Waals surface area contributed by atoms with Crippen LogP contribution in [0, 0.1) is 0 Å². The first-order valence-corrected chi connectivity index (χ1v) is 9.37. The van der Waals surface area contributed by atoms with Gasteiger partial charge in [-0.3, -0.25) is 9.59 Å². The zero-order valence-corrected chi connectivity index (χ0v) is 15.7. The maximum atomic E-state index is 12.6. The maximum Gasteiger partial charge on any atom is 0.240 e. The van der Waals surface area contributed by atoms with E-state index in [2.05, 4.69) is 5.32 Å². The summed E-state index contributed by atoms with van der Waals surface area (Å²) >= 11 is 0. The van der Waals surface area contributed by atoms with Crippen molar-refractivity contribution in [2.45, 2.75) is 25.9 Å². The Morgan fingerprint density at radius 1 is 1.18 bits per heavy atom. The average molecular weight is 378 g/mol.